The Morgan fingerprint density at radius 1 is 0.917 bits per heavy atom. The summed E-state index contributed by atoms with van der Waals surface area (Å²) in [4.78, 5) is 51.4. The predicted molar refractivity (Wildman–Crippen MR) is 134 cm³/mol. The second-order valence-electron chi connectivity index (χ2n) is 8.24. The zero-order valence-corrected chi connectivity index (χ0v) is 19.8. The van der Waals surface area contributed by atoms with Crippen molar-refractivity contribution in [3.8, 4) is 5.75 Å². The predicted octanol–water partition coefficient (Wildman–Crippen LogP) is 4.12. The van der Waals surface area contributed by atoms with Crippen molar-refractivity contribution in [2.75, 3.05) is 30.0 Å². The summed E-state index contributed by atoms with van der Waals surface area (Å²) in [7, 11) is 0. The lowest BCUT2D eigenvalue weighted by molar-refractivity contribution is -0.122. The molecule has 4 rings (SSSR count). The van der Waals surface area contributed by atoms with Crippen molar-refractivity contribution < 1.29 is 28.7 Å². The second kappa shape index (κ2) is 11.3. The molecule has 0 spiro atoms. The first-order valence-electron chi connectivity index (χ1n) is 11.6. The Morgan fingerprint density at radius 3 is 2.33 bits per heavy atom. The molecule has 8 heteroatoms. The third kappa shape index (κ3) is 5.78. The third-order valence-electron chi connectivity index (χ3n) is 5.77. The van der Waals surface area contributed by atoms with Crippen LogP contribution in [0.3, 0.4) is 0 Å². The van der Waals surface area contributed by atoms with Crippen molar-refractivity contribution in [2.24, 2.45) is 5.92 Å². The molecule has 0 saturated carbocycles. The molecular weight excluding hydrogens is 460 g/mol. The summed E-state index contributed by atoms with van der Waals surface area (Å²) in [6, 6.07) is 22.0. The molecular formula is C28H26N2O6. The van der Waals surface area contributed by atoms with Crippen molar-refractivity contribution in [1.29, 1.82) is 0 Å². The molecule has 1 aliphatic heterocycles. The van der Waals surface area contributed by atoms with Gasteiger partial charge in [0.2, 0.25) is 11.8 Å². The normalized spacial score (nSPS) is 14.9. The Bertz CT molecular complexity index is 1260. The summed E-state index contributed by atoms with van der Waals surface area (Å²) >= 11 is 0. The number of carbonyl (C=O) groups excluding carboxylic acids is 4. The zero-order valence-electron chi connectivity index (χ0n) is 19.8. The van der Waals surface area contributed by atoms with E-state index >= 15 is 0 Å². The Hall–Kier alpha value is -4.46. The van der Waals surface area contributed by atoms with E-state index in [1.165, 1.54) is 12.1 Å². The number of amides is 2. The summed E-state index contributed by atoms with van der Waals surface area (Å²) in [5.74, 6) is -1.30. The Balaban J connectivity index is 1.32. The minimum Gasteiger partial charge on any atom is -0.492 e. The van der Waals surface area contributed by atoms with E-state index in [4.69, 9.17) is 9.47 Å². The number of hydrogen-bond acceptors (Lipinski definition) is 6. The van der Waals surface area contributed by atoms with E-state index in [-0.39, 0.29) is 42.7 Å². The van der Waals surface area contributed by atoms with Crippen LogP contribution in [0.2, 0.25) is 0 Å². The number of Topliss-reactive ketones (excluding diaryl/α,β-unsaturated/α-hetero) is 1. The molecule has 0 aromatic heterocycles. The van der Waals surface area contributed by atoms with E-state index in [1.54, 1.807) is 59.5 Å². The highest BCUT2D eigenvalue weighted by molar-refractivity contribution is 6.04. The number of para-hydroxylation sites is 2. The fourth-order valence-electron chi connectivity index (χ4n) is 3.93. The number of nitrogens with one attached hydrogen (secondary N) is 1. The van der Waals surface area contributed by atoms with Gasteiger partial charge in [-0.3, -0.25) is 14.4 Å². The van der Waals surface area contributed by atoms with E-state index in [0.29, 0.717) is 29.3 Å². The molecule has 2 amide bonds. The third-order valence-corrected chi connectivity index (χ3v) is 5.77. The highest BCUT2D eigenvalue weighted by Crippen LogP contribution is 2.33. The van der Waals surface area contributed by atoms with E-state index in [9.17, 15) is 19.2 Å². The number of ketones is 1. The maximum Gasteiger partial charge on any atom is 0.338 e. The fraction of sp³-hybridized carbons (Fsp3) is 0.214. The Kier molecular flexibility index (Phi) is 7.75. The van der Waals surface area contributed by atoms with Gasteiger partial charge in [-0.15, -0.1) is 0 Å². The average Bonchev–Trinajstić information content (AvgIpc) is 3.30. The topological polar surface area (TPSA) is 102 Å². The van der Waals surface area contributed by atoms with Crippen molar-refractivity contribution in [1.82, 2.24) is 0 Å². The number of esters is 1. The van der Waals surface area contributed by atoms with E-state index in [0.717, 1.165) is 0 Å². The SMILES string of the molecule is CCOc1ccccc1N1C[C@@H](C(=O)Nc2ccc(C(=O)OCC(=O)c3ccccc3)cc2)CC1=O. The van der Waals surface area contributed by atoms with Crippen LogP contribution in [0, 0.1) is 5.92 Å². The fourth-order valence-corrected chi connectivity index (χ4v) is 3.93. The average molecular weight is 487 g/mol. The Morgan fingerprint density at radius 2 is 1.61 bits per heavy atom. The number of nitrogens with zero attached hydrogens (tertiary/aromatic N) is 1. The minimum atomic E-state index is -0.637. The monoisotopic (exact) mass is 486 g/mol. The largest absolute Gasteiger partial charge is 0.492 e. The first-order valence-corrected chi connectivity index (χ1v) is 11.6. The number of ether oxygens (including phenoxy) is 2. The van der Waals surface area contributed by atoms with Gasteiger partial charge >= 0.3 is 5.97 Å². The summed E-state index contributed by atoms with van der Waals surface area (Å²) in [5, 5.41) is 2.80. The van der Waals surface area contributed by atoms with Crippen LogP contribution in [0.1, 0.15) is 34.1 Å². The van der Waals surface area contributed by atoms with Gasteiger partial charge in [0.1, 0.15) is 5.75 Å². The van der Waals surface area contributed by atoms with Gasteiger partial charge in [-0.2, -0.15) is 0 Å². The molecule has 1 N–H and O–H groups in total. The summed E-state index contributed by atoms with van der Waals surface area (Å²) in [5.41, 5.74) is 1.85. The zero-order chi connectivity index (χ0) is 25.5. The van der Waals surface area contributed by atoms with Gasteiger partial charge in [-0.1, -0.05) is 42.5 Å². The number of benzene rings is 3. The molecule has 0 bridgehead atoms. The summed E-state index contributed by atoms with van der Waals surface area (Å²) < 4.78 is 10.7. The van der Waals surface area contributed by atoms with Crippen LogP contribution in [0.25, 0.3) is 0 Å². The lowest BCUT2D eigenvalue weighted by Gasteiger charge is -2.20. The van der Waals surface area contributed by atoms with Gasteiger partial charge in [0.25, 0.3) is 0 Å². The molecule has 184 valence electrons. The molecule has 0 aliphatic carbocycles. The highest BCUT2D eigenvalue weighted by atomic mass is 16.5. The number of carbonyl (C=O) groups is 4. The molecule has 1 aliphatic rings. The van der Waals surface area contributed by atoms with Crippen LogP contribution in [0.5, 0.6) is 5.75 Å². The lowest BCUT2D eigenvalue weighted by Crippen LogP contribution is -2.28. The molecule has 1 fully saturated rings. The molecule has 1 saturated heterocycles. The van der Waals surface area contributed by atoms with Crippen molar-refractivity contribution >= 4 is 34.9 Å². The maximum atomic E-state index is 12.8. The van der Waals surface area contributed by atoms with Gasteiger partial charge in [0, 0.05) is 24.2 Å². The molecule has 3 aromatic rings. The van der Waals surface area contributed by atoms with Crippen molar-refractivity contribution in [2.45, 2.75) is 13.3 Å². The van der Waals surface area contributed by atoms with Gasteiger partial charge in [0.05, 0.1) is 23.8 Å². The van der Waals surface area contributed by atoms with Crippen LogP contribution in [0.15, 0.2) is 78.9 Å². The molecule has 36 heavy (non-hydrogen) atoms. The van der Waals surface area contributed by atoms with Gasteiger partial charge in [-0.25, -0.2) is 4.79 Å². The molecule has 0 radical (unpaired) electrons. The van der Waals surface area contributed by atoms with E-state index < -0.39 is 11.9 Å². The summed E-state index contributed by atoms with van der Waals surface area (Å²) in [6.45, 7) is 2.22. The molecule has 3 aromatic carbocycles. The van der Waals surface area contributed by atoms with Crippen LogP contribution in [0.4, 0.5) is 11.4 Å². The van der Waals surface area contributed by atoms with Crippen LogP contribution in [-0.4, -0.2) is 43.3 Å². The Labute approximate surface area is 208 Å². The quantitative estimate of drug-likeness (QED) is 0.361. The van der Waals surface area contributed by atoms with Crippen LogP contribution < -0.4 is 15.0 Å². The standard InChI is InChI=1S/C28H26N2O6/c1-2-35-25-11-7-6-10-23(25)30-17-21(16-26(30)32)27(33)29-22-14-12-20(13-15-22)28(34)36-18-24(31)19-8-4-3-5-9-19/h3-15,21H,2,16-18H2,1H3,(H,29,33)/t21-/m0/s1. The van der Waals surface area contributed by atoms with Gasteiger partial charge in [-0.05, 0) is 43.3 Å². The lowest BCUT2D eigenvalue weighted by atomic mass is 10.1. The maximum absolute atomic E-state index is 12.8. The molecule has 0 unspecified atom stereocenters. The molecule has 8 nitrogen and oxygen atoms in total. The molecule has 1 atom stereocenters. The first-order chi connectivity index (χ1) is 17.5. The van der Waals surface area contributed by atoms with Crippen LogP contribution in [-0.2, 0) is 14.3 Å². The van der Waals surface area contributed by atoms with Gasteiger partial charge < -0.3 is 19.7 Å². The van der Waals surface area contributed by atoms with Crippen molar-refractivity contribution in [3.05, 3.63) is 90.0 Å². The number of anilines is 2. The van der Waals surface area contributed by atoms with E-state index in [2.05, 4.69) is 5.32 Å². The number of hydrogen-bond donors (Lipinski definition) is 1. The molecule has 1 heterocycles. The van der Waals surface area contributed by atoms with Gasteiger partial charge in [0.15, 0.2) is 12.4 Å². The first kappa shape index (κ1) is 24.7. The smallest absolute Gasteiger partial charge is 0.338 e. The number of rotatable bonds is 9. The highest BCUT2D eigenvalue weighted by Gasteiger charge is 2.36. The second-order valence-corrected chi connectivity index (χ2v) is 8.24. The minimum absolute atomic E-state index is 0.0894. The van der Waals surface area contributed by atoms with E-state index in [1.807, 2.05) is 19.1 Å². The van der Waals surface area contributed by atoms with Crippen molar-refractivity contribution in [3.63, 3.8) is 0 Å². The summed E-state index contributed by atoms with van der Waals surface area (Å²) in [6.07, 6.45) is 0.0894. The van der Waals surface area contributed by atoms with Crippen LogP contribution >= 0.6 is 0 Å².